The highest BCUT2D eigenvalue weighted by Gasteiger charge is 2.10. The quantitative estimate of drug-likeness (QED) is 0.483. The molecule has 0 fully saturated rings. The second kappa shape index (κ2) is 11.4. The van der Waals surface area contributed by atoms with E-state index in [1.807, 2.05) is 19.1 Å². The topological polar surface area (TPSA) is 102 Å². The lowest BCUT2D eigenvalue weighted by Crippen LogP contribution is -2.21. The molecule has 0 saturated heterocycles. The molecule has 0 aliphatic heterocycles. The van der Waals surface area contributed by atoms with Gasteiger partial charge in [-0.25, -0.2) is 4.79 Å². The van der Waals surface area contributed by atoms with E-state index < -0.39 is 5.97 Å². The van der Waals surface area contributed by atoms with Crippen molar-refractivity contribution in [1.82, 2.24) is 5.32 Å². The molecule has 0 spiro atoms. The molecule has 0 atom stereocenters. The van der Waals surface area contributed by atoms with Crippen LogP contribution in [-0.4, -0.2) is 47.6 Å². The van der Waals surface area contributed by atoms with E-state index in [4.69, 9.17) is 26.9 Å². The van der Waals surface area contributed by atoms with Crippen LogP contribution in [0.1, 0.15) is 15.9 Å². The first kappa shape index (κ1) is 20.9. The number of para-hydroxylation sites is 1. The first-order valence-electron chi connectivity index (χ1n) is 7.78. The van der Waals surface area contributed by atoms with Gasteiger partial charge in [0.2, 0.25) is 0 Å². The average molecular weight is 367 g/mol. The summed E-state index contributed by atoms with van der Waals surface area (Å²) in [6.45, 7) is 3.30. The lowest BCUT2D eigenvalue weighted by atomic mass is 10.1. The van der Waals surface area contributed by atoms with Crippen LogP contribution in [0.15, 0.2) is 42.5 Å². The van der Waals surface area contributed by atoms with Gasteiger partial charge in [0.1, 0.15) is 0 Å². The summed E-state index contributed by atoms with van der Waals surface area (Å²) in [7, 11) is 0. The number of halogens is 1. The zero-order chi connectivity index (χ0) is 18.7. The predicted octanol–water partition coefficient (Wildman–Crippen LogP) is 2.65. The number of nitrogens with one attached hydrogen (secondary N) is 2. The number of benzene rings is 2. The van der Waals surface area contributed by atoms with Gasteiger partial charge in [-0.05, 0) is 36.8 Å². The number of carbonyl (C=O) groups is 1. The van der Waals surface area contributed by atoms with E-state index in [2.05, 4.69) is 10.6 Å². The van der Waals surface area contributed by atoms with Gasteiger partial charge in [-0.3, -0.25) is 0 Å². The normalized spacial score (nSPS) is 9.92. The standard InChI is InChI=1S/C14H12ClNO2.C4H11NO2/c1-9-11(15)6-4-8-12(9)16-13-7-3-2-5-10(13)14(17)18;6-3-1-5-2-4-7/h2-8,16H,1H3,(H,17,18);5-7H,1-4H2. The Balaban J connectivity index is 0.000000381. The molecule has 2 rings (SSSR count). The molecule has 0 bridgehead atoms. The molecule has 0 saturated carbocycles. The van der Waals surface area contributed by atoms with Crippen molar-refractivity contribution < 1.29 is 20.1 Å². The van der Waals surface area contributed by atoms with Crippen molar-refractivity contribution in [3.63, 3.8) is 0 Å². The minimum absolute atomic E-state index is 0.139. The maximum atomic E-state index is 11.1. The van der Waals surface area contributed by atoms with E-state index in [1.54, 1.807) is 30.3 Å². The summed E-state index contributed by atoms with van der Waals surface area (Å²) in [5.41, 5.74) is 2.47. The van der Waals surface area contributed by atoms with Crippen molar-refractivity contribution in [3.8, 4) is 0 Å². The third kappa shape index (κ3) is 7.11. The molecule has 136 valence electrons. The zero-order valence-electron chi connectivity index (χ0n) is 14.0. The lowest BCUT2D eigenvalue weighted by Gasteiger charge is -2.12. The smallest absolute Gasteiger partial charge is 0.337 e. The summed E-state index contributed by atoms with van der Waals surface area (Å²) in [6.07, 6.45) is 0. The second-order valence-electron chi connectivity index (χ2n) is 5.09. The first-order chi connectivity index (χ1) is 12.0. The van der Waals surface area contributed by atoms with Crippen LogP contribution in [0.3, 0.4) is 0 Å². The van der Waals surface area contributed by atoms with Gasteiger partial charge in [0.25, 0.3) is 0 Å². The number of anilines is 2. The molecule has 2 aromatic carbocycles. The molecule has 0 amide bonds. The Morgan fingerprint density at radius 3 is 2.20 bits per heavy atom. The molecule has 2 aromatic rings. The lowest BCUT2D eigenvalue weighted by molar-refractivity contribution is 0.0698. The molecule has 6 nitrogen and oxygen atoms in total. The van der Waals surface area contributed by atoms with Crippen molar-refractivity contribution in [2.24, 2.45) is 0 Å². The summed E-state index contributed by atoms with van der Waals surface area (Å²) >= 11 is 6.03. The number of aliphatic hydroxyl groups excluding tert-OH is 2. The van der Waals surface area contributed by atoms with Crippen molar-refractivity contribution in [3.05, 3.63) is 58.6 Å². The van der Waals surface area contributed by atoms with E-state index in [-0.39, 0.29) is 18.8 Å². The summed E-state index contributed by atoms with van der Waals surface area (Å²) < 4.78 is 0. The predicted molar refractivity (Wildman–Crippen MR) is 99.9 cm³/mol. The molecule has 0 unspecified atom stereocenters. The molecule has 0 aliphatic rings. The van der Waals surface area contributed by atoms with Crippen LogP contribution in [0.2, 0.25) is 5.02 Å². The Kier molecular flexibility index (Phi) is 9.57. The van der Waals surface area contributed by atoms with Crippen molar-refractivity contribution in [2.45, 2.75) is 6.92 Å². The average Bonchev–Trinajstić information content (AvgIpc) is 2.60. The fourth-order valence-electron chi connectivity index (χ4n) is 1.95. The molecule has 25 heavy (non-hydrogen) atoms. The molecular formula is C18H23ClN2O4. The number of carboxylic acids is 1. The molecule has 0 aromatic heterocycles. The molecular weight excluding hydrogens is 344 g/mol. The van der Waals surface area contributed by atoms with E-state index in [9.17, 15) is 4.79 Å². The van der Waals surface area contributed by atoms with E-state index >= 15 is 0 Å². The van der Waals surface area contributed by atoms with E-state index in [1.165, 1.54) is 0 Å². The Hall–Kier alpha value is -2.12. The van der Waals surface area contributed by atoms with Gasteiger partial charge in [0.15, 0.2) is 0 Å². The Labute approximate surface area is 152 Å². The third-order valence-electron chi connectivity index (χ3n) is 3.27. The summed E-state index contributed by atoms with van der Waals surface area (Å²) in [6, 6.07) is 12.2. The van der Waals surface area contributed by atoms with Gasteiger partial charge in [-0.2, -0.15) is 0 Å². The highest BCUT2D eigenvalue weighted by Crippen LogP contribution is 2.27. The Morgan fingerprint density at radius 2 is 1.60 bits per heavy atom. The van der Waals surface area contributed by atoms with Crippen LogP contribution in [0.25, 0.3) is 0 Å². The van der Waals surface area contributed by atoms with Gasteiger partial charge < -0.3 is 26.0 Å². The number of rotatable bonds is 7. The van der Waals surface area contributed by atoms with Crippen LogP contribution in [0.5, 0.6) is 0 Å². The van der Waals surface area contributed by atoms with Gasteiger partial charge in [-0.1, -0.05) is 29.8 Å². The van der Waals surface area contributed by atoms with E-state index in [0.29, 0.717) is 23.8 Å². The minimum atomic E-state index is -0.960. The molecule has 0 aliphatic carbocycles. The van der Waals surface area contributed by atoms with Crippen molar-refractivity contribution >= 4 is 28.9 Å². The van der Waals surface area contributed by atoms with Crippen LogP contribution >= 0.6 is 11.6 Å². The van der Waals surface area contributed by atoms with Crippen LogP contribution in [0, 0.1) is 6.92 Å². The van der Waals surface area contributed by atoms with Gasteiger partial charge >= 0.3 is 5.97 Å². The number of carboxylic acid groups (broad SMARTS) is 1. The van der Waals surface area contributed by atoms with E-state index in [0.717, 1.165) is 11.3 Å². The highest BCUT2D eigenvalue weighted by molar-refractivity contribution is 6.31. The van der Waals surface area contributed by atoms with Gasteiger partial charge in [-0.15, -0.1) is 0 Å². The van der Waals surface area contributed by atoms with Crippen molar-refractivity contribution in [1.29, 1.82) is 0 Å². The first-order valence-corrected chi connectivity index (χ1v) is 8.16. The largest absolute Gasteiger partial charge is 0.478 e. The zero-order valence-corrected chi connectivity index (χ0v) is 14.8. The Bertz CT molecular complexity index is 676. The van der Waals surface area contributed by atoms with Crippen molar-refractivity contribution in [2.75, 3.05) is 31.6 Å². The van der Waals surface area contributed by atoms with Gasteiger partial charge in [0, 0.05) is 23.8 Å². The summed E-state index contributed by atoms with van der Waals surface area (Å²) in [4.78, 5) is 11.1. The summed E-state index contributed by atoms with van der Waals surface area (Å²) in [5.74, 6) is -0.960. The maximum Gasteiger partial charge on any atom is 0.337 e. The number of hydrogen-bond acceptors (Lipinski definition) is 5. The number of aliphatic hydroxyl groups is 2. The molecule has 7 heteroatoms. The summed E-state index contributed by atoms with van der Waals surface area (Å²) in [5, 5.41) is 31.9. The number of hydrogen-bond donors (Lipinski definition) is 5. The monoisotopic (exact) mass is 366 g/mol. The molecule has 0 radical (unpaired) electrons. The maximum absolute atomic E-state index is 11.1. The fourth-order valence-corrected chi connectivity index (χ4v) is 2.12. The van der Waals surface area contributed by atoms with Crippen LogP contribution < -0.4 is 10.6 Å². The number of aromatic carboxylic acids is 1. The van der Waals surface area contributed by atoms with Crippen LogP contribution in [-0.2, 0) is 0 Å². The molecule has 5 N–H and O–H groups in total. The van der Waals surface area contributed by atoms with Gasteiger partial charge in [0.05, 0.1) is 24.5 Å². The second-order valence-corrected chi connectivity index (χ2v) is 5.49. The Morgan fingerprint density at radius 1 is 1.00 bits per heavy atom. The van der Waals surface area contributed by atoms with Crippen LogP contribution in [0.4, 0.5) is 11.4 Å². The highest BCUT2D eigenvalue weighted by atomic mass is 35.5. The SMILES string of the molecule is Cc1c(Cl)cccc1Nc1ccccc1C(=O)O.OCCNCCO. The third-order valence-corrected chi connectivity index (χ3v) is 3.68. The fraction of sp³-hybridized carbons (Fsp3) is 0.278. The molecule has 0 heterocycles. The minimum Gasteiger partial charge on any atom is -0.478 e.